The molecule has 0 saturated carbocycles. The Morgan fingerprint density at radius 2 is 1.70 bits per heavy atom. The molecule has 0 bridgehead atoms. The lowest BCUT2D eigenvalue weighted by atomic mass is 10.0. The van der Waals surface area contributed by atoms with Crippen molar-refractivity contribution in [1.82, 2.24) is 15.4 Å². The topological polar surface area (TPSA) is 73.1 Å². The molecule has 2 heterocycles. The van der Waals surface area contributed by atoms with Gasteiger partial charge in [0, 0.05) is 18.6 Å². The molecule has 0 saturated heterocycles. The fourth-order valence-electron chi connectivity index (χ4n) is 2.05. The van der Waals surface area contributed by atoms with E-state index in [1.54, 1.807) is 18.6 Å². The zero-order chi connectivity index (χ0) is 14.5. The van der Waals surface area contributed by atoms with Crippen molar-refractivity contribution in [3.8, 4) is 5.75 Å². The van der Waals surface area contributed by atoms with Crippen LogP contribution in [0.15, 0.2) is 36.9 Å². The number of hydrogen-bond donors (Lipinski definition) is 2. The summed E-state index contributed by atoms with van der Waals surface area (Å²) in [5, 5.41) is 0. The van der Waals surface area contributed by atoms with E-state index in [0.29, 0.717) is 0 Å². The number of aryl methyl sites for hydroxylation is 1. The molecule has 0 aromatic carbocycles. The van der Waals surface area contributed by atoms with Crippen LogP contribution < -0.4 is 16.0 Å². The summed E-state index contributed by atoms with van der Waals surface area (Å²) in [6, 6.07) is 3.83. The molecule has 20 heavy (non-hydrogen) atoms. The molecule has 5 heteroatoms. The molecular formula is C15H20N4O. The Labute approximate surface area is 119 Å². The van der Waals surface area contributed by atoms with Gasteiger partial charge in [0.1, 0.15) is 5.75 Å². The first-order chi connectivity index (χ1) is 9.60. The van der Waals surface area contributed by atoms with Gasteiger partial charge in [-0.3, -0.25) is 15.8 Å². The first-order valence-electron chi connectivity index (χ1n) is 6.59. The van der Waals surface area contributed by atoms with E-state index in [9.17, 15) is 0 Å². The molecule has 2 aromatic heterocycles. The van der Waals surface area contributed by atoms with Gasteiger partial charge in [-0.1, -0.05) is 6.07 Å². The van der Waals surface area contributed by atoms with Crippen molar-refractivity contribution in [2.75, 3.05) is 0 Å². The second-order valence-corrected chi connectivity index (χ2v) is 5.02. The second-order valence-electron chi connectivity index (χ2n) is 5.02. The fraction of sp³-hybridized carbons (Fsp3) is 0.333. The largest absolute Gasteiger partial charge is 0.489 e. The van der Waals surface area contributed by atoms with Crippen LogP contribution in [0.2, 0.25) is 0 Å². The number of hydrogen-bond acceptors (Lipinski definition) is 5. The number of nitrogens with one attached hydrogen (secondary N) is 1. The molecule has 0 fully saturated rings. The van der Waals surface area contributed by atoms with Crippen molar-refractivity contribution in [1.29, 1.82) is 0 Å². The van der Waals surface area contributed by atoms with E-state index in [1.807, 2.05) is 39.1 Å². The predicted octanol–water partition coefficient (Wildman–Crippen LogP) is 2.12. The van der Waals surface area contributed by atoms with Crippen LogP contribution in [0.4, 0.5) is 0 Å². The summed E-state index contributed by atoms with van der Waals surface area (Å²) in [4.78, 5) is 8.42. The second kappa shape index (κ2) is 6.45. The lowest BCUT2D eigenvalue weighted by molar-refractivity contribution is 0.241. The van der Waals surface area contributed by atoms with Gasteiger partial charge in [0.2, 0.25) is 0 Å². The van der Waals surface area contributed by atoms with E-state index in [0.717, 1.165) is 22.4 Å². The maximum atomic E-state index is 5.69. The van der Waals surface area contributed by atoms with Gasteiger partial charge < -0.3 is 4.74 Å². The summed E-state index contributed by atoms with van der Waals surface area (Å²) >= 11 is 0. The lowest BCUT2D eigenvalue weighted by Gasteiger charge is -2.18. The van der Waals surface area contributed by atoms with Gasteiger partial charge in [0.15, 0.2) is 0 Å². The third kappa shape index (κ3) is 3.53. The molecule has 3 N–H and O–H groups in total. The number of nitrogens with two attached hydrogens (primary N) is 1. The first kappa shape index (κ1) is 14.4. The van der Waals surface area contributed by atoms with Crippen LogP contribution in [0, 0.1) is 6.92 Å². The average molecular weight is 272 g/mol. The van der Waals surface area contributed by atoms with Crippen molar-refractivity contribution in [3.05, 3.63) is 53.6 Å². The van der Waals surface area contributed by atoms with E-state index in [4.69, 9.17) is 10.6 Å². The molecule has 0 amide bonds. The van der Waals surface area contributed by atoms with Gasteiger partial charge in [-0.15, -0.1) is 0 Å². The quantitative estimate of drug-likeness (QED) is 0.644. The summed E-state index contributed by atoms with van der Waals surface area (Å²) in [5.41, 5.74) is 5.83. The van der Waals surface area contributed by atoms with Gasteiger partial charge in [-0.2, -0.15) is 0 Å². The summed E-state index contributed by atoms with van der Waals surface area (Å²) in [5.74, 6) is 6.43. The molecule has 0 aliphatic rings. The Hall–Kier alpha value is -1.98. The highest BCUT2D eigenvalue weighted by Crippen LogP contribution is 2.24. The number of ether oxygens (including phenoxy) is 1. The number of nitrogens with zero attached hydrogens (tertiary/aromatic N) is 2. The normalized spacial score (nSPS) is 12.4. The molecule has 0 spiro atoms. The smallest absolute Gasteiger partial charge is 0.138 e. The van der Waals surface area contributed by atoms with Gasteiger partial charge in [0.05, 0.1) is 18.3 Å². The van der Waals surface area contributed by atoms with E-state index < -0.39 is 0 Å². The van der Waals surface area contributed by atoms with Crippen molar-refractivity contribution >= 4 is 0 Å². The highest BCUT2D eigenvalue weighted by molar-refractivity contribution is 5.34. The zero-order valence-electron chi connectivity index (χ0n) is 12.0. The lowest BCUT2D eigenvalue weighted by Crippen LogP contribution is -2.29. The first-order valence-corrected chi connectivity index (χ1v) is 6.59. The van der Waals surface area contributed by atoms with Gasteiger partial charge in [-0.25, -0.2) is 5.43 Å². The van der Waals surface area contributed by atoms with Crippen LogP contribution in [0.5, 0.6) is 5.75 Å². The van der Waals surface area contributed by atoms with Crippen molar-refractivity contribution < 1.29 is 4.74 Å². The van der Waals surface area contributed by atoms with Crippen LogP contribution in [-0.4, -0.2) is 16.1 Å². The Kier molecular flexibility index (Phi) is 4.65. The molecule has 0 radical (unpaired) electrons. The summed E-state index contributed by atoms with van der Waals surface area (Å²) in [6.45, 7) is 5.96. The van der Waals surface area contributed by atoms with Crippen molar-refractivity contribution in [3.63, 3.8) is 0 Å². The molecule has 1 atom stereocenters. The van der Waals surface area contributed by atoms with E-state index in [2.05, 4.69) is 15.4 Å². The van der Waals surface area contributed by atoms with Crippen molar-refractivity contribution in [2.45, 2.75) is 32.9 Å². The molecule has 2 aromatic rings. The monoisotopic (exact) mass is 272 g/mol. The number of hydrazine groups is 1. The van der Waals surface area contributed by atoms with Crippen LogP contribution in [0.25, 0.3) is 0 Å². The molecule has 106 valence electrons. The van der Waals surface area contributed by atoms with E-state index >= 15 is 0 Å². The SMILES string of the molecule is Cc1cncc(C(NN)c2cncc(OC(C)C)c2)c1. The Morgan fingerprint density at radius 3 is 2.30 bits per heavy atom. The molecule has 0 aliphatic carbocycles. The van der Waals surface area contributed by atoms with Crippen molar-refractivity contribution in [2.24, 2.45) is 5.84 Å². The molecule has 1 unspecified atom stereocenters. The van der Waals surface area contributed by atoms with Crippen LogP contribution in [0.3, 0.4) is 0 Å². The summed E-state index contributed by atoms with van der Waals surface area (Å²) in [6.07, 6.45) is 7.20. The maximum Gasteiger partial charge on any atom is 0.138 e. The standard InChI is InChI=1S/C15H20N4O/c1-10(2)20-14-5-13(8-18-9-14)15(19-16)12-4-11(3)6-17-7-12/h4-10,15,19H,16H2,1-3H3. The van der Waals surface area contributed by atoms with Crippen LogP contribution in [0.1, 0.15) is 36.6 Å². The Bertz CT molecular complexity index is 571. The fourth-order valence-corrected chi connectivity index (χ4v) is 2.05. The average Bonchev–Trinajstić information content (AvgIpc) is 2.39. The molecule has 5 nitrogen and oxygen atoms in total. The summed E-state index contributed by atoms with van der Waals surface area (Å²) in [7, 11) is 0. The molecule has 2 rings (SSSR count). The highest BCUT2D eigenvalue weighted by Gasteiger charge is 2.14. The van der Waals surface area contributed by atoms with Crippen LogP contribution in [-0.2, 0) is 0 Å². The molecular weight excluding hydrogens is 252 g/mol. The maximum absolute atomic E-state index is 5.69. The van der Waals surface area contributed by atoms with Gasteiger partial charge >= 0.3 is 0 Å². The summed E-state index contributed by atoms with van der Waals surface area (Å²) < 4.78 is 5.66. The minimum absolute atomic E-state index is 0.108. The zero-order valence-corrected chi connectivity index (χ0v) is 12.0. The van der Waals surface area contributed by atoms with Gasteiger partial charge in [-0.05, 0) is 43.5 Å². The third-order valence-corrected chi connectivity index (χ3v) is 2.84. The highest BCUT2D eigenvalue weighted by atomic mass is 16.5. The Balaban J connectivity index is 2.32. The number of pyridine rings is 2. The van der Waals surface area contributed by atoms with E-state index in [-0.39, 0.29) is 12.1 Å². The molecule has 0 aliphatic heterocycles. The minimum atomic E-state index is -0.161. The van der Waals surface area contributed by atoms with Crippen LogP contribution >= 0.6 is 0 Å². The minimum Gasteiger partial charge on any atom is -0.489 e. The number of rotatable bonds is 5. The van der Waals surface area contributed by atoms with Gasteiger partial charge in [0.25, 0.3) is 0 Å². The Morgan fingerprint density at radius 1 is 1.05 bits per heavy atom. The van der Waals surface area contributed by atoms with E-state index in [1.165, 1.54) is 0 Å². The number of aromatic nitrogens is 2. The third-order valence-electron chi connectivity index (χ3n) is 2.84. The predicted molar refractivity (Wildman–Crippen MR) is 78.1 cm³/mol.